The van der Waals surface area contributed by atoms with E-state index in [1.54, 1.807) is 0 Å². The Balaban J connectivity index is 1.96. The molecular weight excluding hydrogens is 438 g/mol. The number of nitrogens with zero attached hydrogens (tertiary/aromatic N) is 3. The van der Waals surface area contributed by atoms with Crippen molar-refractivity contribution in [2.75, 3.05) is 12.4 Å². The molecule has 0 aliphatic carbocycles. The van der Waals surface area contributed by atoms with Crippen molar-refractivity contribution in [3.63, 3.8) is 0 Å². The van der Waals surface area contributed by atoms with Crippen molar-refractivity contribution in [1.29, 1.82) is 0 Å². The Bertz CT molecular complexity index is 1180. The van der Waals surface area contributed by atoms with Crippen LogP contribution in [0.3, 0.4) is 0 Å². The molecule has 3 rings (SSSR count). The third kappa shape index (κ3) is 4.50. The molecule has 0 radical (unpaired) electrons. The fourth-order valence-corrected chi connectivity index (χ4v) is 4.95. The van der Waals surface area contributed by atoms with Crippen LogP contribution in [0.2, 0.25) is 0 Å². The average molecular weight is 465 g/mol. The first-order valence-corrected chi connectivity index (χ1v) is 11.8. The van der Waals surface area contributed by atoms with E-state index in [4.69, 9.17) is 10.5 Å². The van der Waals surface area contributed by atoms with Crippen LogP contribution in [-0.2, 0) is 15.4 Å². The summed E-state index contributed by atoms with van der Waals surface area (Å²) in [6, 6.07) is 3.89. The lowest BCUT2D eigenvalue weighted by Crippen LogP contribution is -2.55. The van der Waals surface area contributed by atoms with Gasteiger partial charge >= 0.3 is 0 Å². The van der Waals surface area contributed by atoms with Crippen LogP contribution in [0.5, 0.6) is 5.88 Å². The molecule has 0 amide bonds. The molecule has 0 saturated carbocycles. The number of benzene rings is 1. The zero-order chi connectivity index (χ0) is 23.7. The minimum absolute atomic E-state index is 0.00970. The van der Waals surface area contributed by atoms with Crippen LogP contribution in [0.15, 0.2) is 35.6 Å². The molecule has 0 fully saturated rings. The lowest BCUT2D eigenvalue weighted by atomic mass is 9.91. The number of sulfone groups is 1. The van der Waals surface area contributed by atoms with E-state index < -0.39 is 37.5 Å². The second-order valence-electron chi connectivity index (χ2n) is 8.36. The number of hydrogen-bond acceptors (Lipinski definition) is 7. The Morgan fingerprint density at radius 2 is 1.97 bits per heavy atom. The molecule has 1 aromatic heterocycles. The van der Waals surface area contributed by atoms with Crippen LogP contribution in [0.4, 0.5) is 8.78 Å². The van der Waals surface area contributed by atoms with E-state index in [2.05, 4.69) is 15.0 Å². The van der Waals surface area contributed by atoms with E-state index in [0.717, 1.165) is 18.6 Å². The molecule has 1 aliphatic heterocycles. The number of halogens is 2. The Morgan fingerprint density at radius 3 is 2.56 bits per heavy atom. The predicted molar refractivity (Wildman–Crippen MR) is 120 cm³/mol. The van der Waals surface area contributed by atoms with E-state index in [-0.39, 0.29) is 23.0 Å². The molecule has 2 aromatic rings. The van der Waals surface area contributed by atoms with Crippen LogP contribution < -0.4 is 10.5 Å². The molecule has 1 aromatic carbocycles. The molecule has 0 bridgehead atoms. The monoisotopic (exact) mass is 464 g/mol. The SMILES string of the molecule is CCCOc1cnc(/C(F)=C/c2ccc(F)c([C@]3(C)CS(=O)(=O)C(C)(C)C(N)=N3)c2)cn1. The lowest BCUT2D eigenvalue weighted by Gasteiger charge is -2.38. The minimum atomic E-state index is -3.71. The van der Waals surface area contributed by atoms with Gasteiger partial charge < -0.3 is 10.5 Å². The van der Waals surface area contributed by atoms with Gasteiger partial charge in [0.25, 0.3) is 0 Å². The maximum Gasteiger partial charge on any atom is 0.232 e. The fraction of sp³-hybridized carbons (Fsp3) is 0.409. The van der Waals surface area contributed by atoms with Gasteiger partial charge in [-0.3, -0.25) is 4.99 Å². The van der Waals surface area contributed by atoms with E-state index in [9.17, 15) is 17.2 Å². The molecule has 2 N–H and O–H groups in total. The number of aliphatic imine (C=N–C) groups is 1. The molecule has 1 aliphatic rings. The lowest BCUT2D eigenvalue weighted by molar-refractivity contribution is 0.303. The maximum absolute atomic E-state index is 14.7. The summed E-state index contributed by atoms with van der Waals surface area (Å²) in [6.45, 7) is 6.85. The second kappa shape index (κ2) is 8.57. The standard InChI is InChI=1S/C22H26F2N4O3S/c1-5-8-31-19-12-26-18(11-27-19)17(24)10-14-6-7-16(23)15(9-14)22(4)13-32(29,30)21(2,3)20(25)28-22/h6-7,9-12H,5,8,13H2,1-4H3,(H2,25,28)/b17-10-/t22-/m0/s1. The fourth-order valence-electron chi connectivity index (χ4n) is 3.27. The molecule has 172 valence electrons. The van der Waals surface area contributed by atoms with Gasteiger partial charge in [0.2, 0.25) is 5.88 Å². The van der Waals surface area contributed by atoms with E-state index >= 15 is 0 Å². The summed E-state index contributed by atoms with van der Waals surface area (Å²) in [5.74, 6) is -1.59. The van der Waals surface area contributed by atoms with Gasteiger partial charge in [-0.1, -0.05) is 13.0 Å². The first-order chi connectivity index (χ1) is 14.9. The molecule has 0 unspecified atom stereocenters. The molecule has 2 heterocycles. The van der Waals surface area contributed by atoms with Crippen LogP contribution >= 0.6 is 0 Å². The van der Waals surface area contributed by atoms with Crippen molar-refractivity contribution in [2.45, 2.75) is 44.4 Å². The molecular formula is C22H26F2N4O3S. The van der Waals surface area contributed by atoms with E-state index in [0.29, 0.717) is 12.2 Å². The minimum Gasteiger partial charge on any atom is -0.477 e. The largest absolute Gasteiger partial charge is 0.477 e. The number of rotatable bonds is 6. The quantitative estimate of drug-likeness (QED) is 0.699. The molecule has 10 heteroatoms. The molecule has 1 atom stereocenters. The second-order valence-corrected chi connectivity index (χ2v) is 10.9. The van der Waals surface area contributed by atoms with Crippen LogP contribution in [-0.4, -0.2) is 41.3 Å². The number of aromatic nitrogens is 2. The van der Waals surface area contributed by atoms with Gasteiger partial charge in [-0.15, -0.1) is 0 Å². The summed E-state index contributed by atoms with van der Waals surface area (Å²) in [5.41, 5.74) is 4.80. The highest BCUT2D eigenvalue weighted by Gasteiger charge is 2.49. The summed E-state index contributed by atoms with van der Waals surface area (Å²) in [5, 5.41) is 0. The first-order valence-electron chi connectivity index (χ1n) is 10.1. The van der Waals surface area contributed by atoms with Crippen molar-refractivity contribution in [3.05, 3.63) is 53.2 Å². The van der Waals surface area contributed by atoms with Crippen molar-refractivity contribution in [2.24, 2.45) is 10.7 Å². The number of ether oxygens (including phenoxy) is 1. The third-order valence-corrected chi connectivity index (χ3v) is 8.13. The number of nitrogens with two attached hydrogens (primary N) is 1. The van der Waals surface area contributed by atoms with Gasteiger partial charge in [0.15, 0.2) is 15.7 Å². The normalized spacial score (nSPS) is 22.3. The van der Waals surface area contributed by atoms with Crippen molar-refractivity contribution in [3.8, 4) is 5.88 Å². The Labute approximate surface area is 186 Å². The summed E-state index contributed by atoms with van der Waals surface area (Å²) in [4.78, 5) is 12.3. The van der Waals surface area contributed by atoms with Gasteiger partial charge in [-0.2, -0.15) is 0 Å². The first kappa shape index (κ1) is 23.8. The topological polar surface area (TPSA) is 108 Å². The predicted octanol–water partition coefficient (Wildman–Crippen LogP) is 3.65. The van der Waals surface area contributed by atoms with E-state index in [1.807, 2.05) is 6.92 Å². The summed E-state index contributed by atoms with van der Waals surface area (Å²) in [7, 11) is -3.71. The van der Waals surface area contributed by atoms with Crippen LogP contribution in [0, 0.1) is 5.82 Å². The third-order valence-electron chi connectivity index (χ3n) is 5.42. The average Bonchev–Trinajstić information content (AvgIpc) is 2.72. The summed E-state index contributed by atoms with van der Waals surface area (Å²) < 4.78 is 59.0. The van der Waals surface area contributed by atoms with Gasteiger partial charge in [0.05, 0.1) is 24.8 Å². The Kier molecular flexibility index (Phi) is 6.37. The highest BCUT2D eigenvalue weighted by atomic mass is 32.2. The van der Waals surface area contributed by atoms with Crippen LogP contribution in [0.25, 0.3) is 11.9 Å². The molecule has 0 spiro atoms. The van der Waals surface area contributed by atoms with Gasteiger partial charge in [-0.25, -0.2) is 27.2 Å². The van der Waals surface area contributed by atoms with Crippen molar-refractivity contribution >= 4 is 27.6 Å². The smallest absolute Gasteiger partial charge is 0.232 e. The molecule has 0 saturated heterocycles. The zero-order valence-corrected chi connectivity index (χ0v) is 19.2. The highest BCUT2D eigenvalue weighted by molar-refractivity contribution is 7.93. The highest BCUT2D eigenvalue weighted by Crippen LogP contribution is 2.38. The molecule has 32 heavy (non-hydrogen) atoms. The summed E-state index contributed by atoms with van der Waals surface area (Å²) in [6.07, 6.45) is 4.53. The summed E-state index contributed by atoms with van der Waals surface area (Å²) >= 11 is 0. The van der Waals surface area contributed by atoms with Gasteiger partial charge in [0, 0.05) is 5.56 Å². The zero-order valence-electron chi connectivity index (χ0n) is 18.4. The molecule has 7 nitrogen and oxygen atoms in total. The number of hydrogen-bond donors (Lipinski definition) is 1. The van der Waals surface area contributed by atoms with Gasteiger partial charge in [0.1, 0.15) is 27.6 Å². The maximum atomic E-state index is 14.7. The van der Waals surface area contributed by atoms with Crippen LogP contribution in [0.1, 0.15) is 50.9 Å². The Hall–Kier alpha value is -2.88. The van der Waals surface area contributed by atoms with Crippen molar-refractivity contribution in [1.82, 2.24) is 9.97 Å². The van der Waals surface area contributed by atoms with Crippen molar-refractivity contribution < 1.29 is 21.9 Å². The van der Waals surface area contributed by atoms with E-state index in [1.165, 1.54) is 45.3 Å². The Morgan fingerprint density at radius 1 is 1.25 bits per heavy atom. The van der Waals surface area contributed by atoms with Gasteiger partial charge in [-0.05, 0) is 51.0 Å². The number of amidine groups is 1.